The van der Waals surface area contributed by atoms with Crippen LogP contribution in [0.1, 0.15) is 90.9 Å². The average molecular weight is 436 g/mol. The van der Waals surface area contributed by atoms with Crippen molar-refractivity contribution < 1.29 is 58.8 Å². The summed E-state index contributed by atoms with van der Waals surface area (Å²) in [4.78, 5) is 23.4. The predicted octanol–water partition coefficient (Wildman–Crippen LogP) is 2.16. The molecule has 0 aliphatic rings. The molecule has 0 bridgehead atoms. The second-order valence-corrected chi connectivity index (χ2v) is 7.20. The molecular formula is C23H40NaO6+. The Kier molecular flexibility index (Phi) is 22.4. The molecule has 0 heterocycles. The molecule has 1 unspecified atom stereocenters. The molecule has 30 heavy (non-hydrogen) atoms. The normalized spacial score (nSPS) is 12.8. The standard InChI is InChI=1S/C23H40O6.Na/c1-4-6-7-13-16-19(24)17-14-11-9-8-10-12-15-18-20(22(26)28-3)21(25)23(27)29-5-2;/h11,14,19,24-25H,4-10,12-13,15-18H2,1-3H3;/q;+1/b14-11+,21-20-;. The summed E-state index contributed by atoms with van der Waals surface area (Å²) in [7, 11) is 1.22. The van der Waals surface area contributed by atoms with Crippen molar-refractivity contribution in [3.63, 3.8) is 0 Å². The molecule has 7 heteroatoms. The first kappa shape index (κ1) is 31.4. The van der Waals surface area contributed by atoms with E-state index in [1.807, 2.05) is 0 Å². The Morgan fingerprint density at radius 3 is 2.23 bits per heavy atom. The van der Waals surface area contributed by atoms with Crippen molar-refractivity contribution in [1.82, 2.24) is 0 Å². The number of aliphatic hydroxyl groups is 2. The quantitative estimate of drug-likeness (QED) is 0.0908. The van der Waals surface area contributed by atoms with Crippen molar-refractivity contribution in [2.75, 3.05) is 13.7 Å². The van der Waals surface area contributed by atoms with Gasteiger partial charge >= 0.3 is 41.5 Å². The maximum atomic E-state index is 11.8. The van der Waals surface area contributed by atoms with Crippen molar-refractivity contribution in [3.05, 3.63) is 23.5 Å². The van der Waals surface area contributed by atoms with Gasteiger partial charge in [-0.2, -0.15) is 0 Å². The second kappa shape index (κ2) is 21.4. The van der Waals surface area contributed by atoms with Crippen molar-refractivity contribution in [3.8, 4) is 0 Å². The smallest absolute Gasteiger partial charge is 0.501 e. The third-order valence-electron chi connectivity index (χ3n) is 4.70. The number of rotatable bonds is 17. The van der Waals surface area contributed by atoms with Crippen molar-refractivity contribution in [2.24, 2.45) is 0 Å². The van der Waals surface area contributed by atoms with Gasteiger partial charge in [0, 0.05) is 0 Å². The summed E-state index contributed by atoms with van der Waals surface area (Å²) in [5, 5.41) is 19.8. The predicted molar refractivity (Wildman–Crippen MR) is 115 cm³/mol. The van der Waals surface area contributed by atoms with E-state index in [2.05, 4.69) is 23.8 Å². The van der Waals surface area contributed by atoms with Gasteiger partial charge in [-0.3, -0.25) is 0 Å². The number of hydrogen-bond donors (Lipinski definition) is 2. The van der Waals surface area contributed by atoms with Crippen LogP contribution in [-0.4, -0.2) is 42.0 Å². The number of aliphatic hydroxyl groups excluding tert-OH is 2. The Bertz CT molecular complexity index is 516. The molecule has 0 spiro atoms. The van der Waals surface area contributed by atoms with Gasteiger partial charge in [0.2, 0.25) is 5.76 Å². The zero-order chi connectivity index (χ0) is 21.9. The maximum Gasteiger partial charge on any atom is 1.00 e. The molecule has 6 nitrogen and oxygen atoms in total. The largest absolute Gasteiger partial charge is 1.00 e. The van der Waals surface area contributed by atoms with Crippen molar-refractivity contribution in [1.29, 1.82) is 0 Å². The topological polar surface area (TPSA) is 93.1 Å². The summed E-state index contributed by atoms with van der Waals surface area (Å²) in [5.74, 6) is -2.26. The van der Waals surface area contributed by atoms with Gasteiger partial charge in [0.1, 0.15) is 0 Å². The number of unbranched alkanes of at least 4 members (excludes halogenated alkanes) is 7. The average Bonchev–Trinajstić information content (AvgIpc) is 2.71. The van der Waals surface area contributed by atoms with Crippen LogP contribution in [0, 0.1) is 0 Å². The van der Waals surface area contributed by atoms with Gasteiger partial charge in [0.25, 0.3) is 0 Å². The number of allylic oxidation sites excluding steroid dienone is 1. The van der Waals surface area contributed by atoms with E-state index >= 15 is 0 Å². The maximum absolute atomic E-state index is 11.8. The Morgan fingerprint density at radius 2 is 1.60 bits per heavy atom. The van der Waals surface area contributed by atoms with Gasteiger partial charge in [-0.1, -0.05) is 57.6 Å². The number of carbonyl (C=O) groups excluding carboxylic acids is 2. The summed E-state index contributed by atoms with van der Waals surface area (Å²) in [6, 6.07) is 0. The van der Waals surface area contributed by atoms with Crippen LogP contribution in [0.25, 0.3) is 0 Å². The number of carbonyl (C=O) groups is 2. The zero-order valence-electron chi connectivity index (χ0n) is 19.5. The first-order valence-corrected chi connectivity index (χ1v) is 11.0. The molecule has 0 aliphatic heterocycles. The van der Waals surface area contributed by atoms with E-state index in [0.717, 1.165) is 38.5 Å². The first-order valence-electron chi connectivity index (χ1n) is 11.0. The van der Waals surface area contributed by atoms with Crippen LogP contribution in [0.3, 0.4) is 0 Å². The molecule has 0 aliphatic carbocycles. The minimum absolute atomic E-state index is 0. The van der Waals surface area contributed by atoms with Crippen LogP contribution in [0.15, 0.2) is 23.5 Å². The van der Waals surface area contributed by atoms with Crippen molar-refractivity contribution >= 4 is 11.9 Å². The summed E-state index contributed by atoms with van der Waals surface area (Å²) in [6.45, 7) is 3.94. The van der Waals surface area contributed by atoms with Gasteiger partial charge in [-0.25, -0.2) is 9.59 Å². The Labute approximate surface area is 204 Å². The van der Waals surface area contributed by atoms with E-state index in [0.29, 0.717) is 12.8 Å². The Morgan fingerprint density at radius 1 is 0.933 bits per heavy atom. The minimum Gasteiger partial charge on any atom is -0.501 e. The minimum atomic E-state index is -0.898. The SMILES string of the molecule is CCCCCCC(O)C/C=C/CCCCCC/C(C(=O)OC)=C(/O)C(=O)OCC.[Na+]. The molecule has 0 saturated heterocycles. The number of esters is 2. The molecular weight excluding hydrogens is 395 g/mol. The van der Waals surface area contributed by atoms with Gasteiger partial charge in [0.15, 0.2) is 0 Å². The summed E-state index contributed by atoms with van der Waals surface area (Å²) < 4.78 is 9.38. The zero-order valence-corrected chi connectivity index (χ0v) is 21.5. The fourth-order valence-electron chi connectivity index (χ4n) is 2.98. The second-order valence-electron chi connectivity index (χ2n) is 7.20. The van der Waals surface area contributed by atoms with Gasteiger partial charge in [-0.15, -0.1) is 0 Å². The molecule has 0 aromatic rings. The fraction of sp³-hybridized carbons (Fsp3) is 0.739. The molecule has 0 amide bonds. The molecule has 168 valence electrons. The Balaban J connectivity index is 0. The monoisotopic (exact) mass is 435 g/mol. The van der Waals surface area contributed by atoms with E-state index in [1.54, 1.807) is 6.92 Å². The number of hydrogen-bond acceptors (Lipinski definition) is 6. The van der Waals surface area contributed by atoms with Gasteiger partial charge in [0.05, 0.1) is 25.4 Å². The van der Waals surface area contributed by atoms with E-state index in [9.17, 15) is 19.8 Å². The third kappa shape index (κ3) is 15.9. The van der Waals surface area contributed by atoms with Crippen LogP contribution in [0.2, 0.25) is 0 Å². The fourth-order valence-corrected chi connectivity index (χ4v) is 2.98. The molecule has 0 aromatic heterocycles. The van der Waals surface area contributed by atoms with Crippen LogP contribution in [-0.2, 0) is 19.1 Å². The molecule has 0 aromatic carbocycles. The summed E-state index contributed by atoms with van der Waals surface area (Å²) >= 11 is 0. The molecule has 0 radical (unpaired) electrons. The van der Waals surface area contributed by atoms with E-state index in [4.69, 9.17) is 4.74 Å². The third-order valence-corrected chi connectivity index (χ3v) is 4.70. The first-order chi connectivity index (χ1) is 14.0. The van der Waals surface area contributed by atoms with E-state index in [-0.39, 0.29) is 54.3 Å². The summed E-state index contributed by atoms with van der Waals surface area (Å²) in [5.41, 5.74) is -0.0289. The van der Waals surface area contributed by atoms with E-state index < -0.39 is 17.7 Å². The van der Waals surface area contributed by atoms with Crippen LogP contribution < -0.4 is 29.6 Å². The number of methoxy groups -OCH3 is 1. The molecule has 0 rings (SSSR count). The van der Waals surface area contributed by atoms with Crippen LogP contribution >= 0.6 is 0 Å². The molecule has 0 fully saturated rings. The van der Waals surface area contributed by atoms with E-state index in [1.165, 1.54) is 26.4 Å². The van der Waals surface area contributed by atoms with Crippen molar-refractivity contribution in [2.45, 2.75) is 97.0 Å². The van der Waals surface area contributed by atoms with Gasteiger partial charge < -0.3 is 19.7 Å². The van der Waals surface area contributed by atoms with Crippen LogP contribution in [0.5, 0.6) is 0 Å². The number of ether oxygens (including phenoxy) is 2. The summed E-state index contributed by atoms with van der Waals surface area (Å²) in [6.07, 6.45) is 15.0. The molecule has 0 saturated carbocycles. The van der Waals surface area contributed by atoms with Gasteiger partial charge in [-0.05, 0) is 45.4 Å². The molecule has 1 atom stereocenters. The molecule has 2 N–H and O–H groups in total. The van der Waals surface area contributed by atoms with Crippen LogP contribution in [0.4, 0.5) is 0 Å². The Hall–Kier alpha value is -0.820.